The molecule has 4 N–H and O–H groups in total. The van der Waals surface area contributed by atoms with E-state index in [-0.39, 0.29) is 5.91 Å². The second-order valence-electron chi connectivity index (χ2n) is 5.62. The van der Waals surface area contributed by atoms with E-state index >= 15 is 0 Å². The number of primary amides is 1. The fourth-order valence-electron chi connectivity index (χ4n) is 2.66. The molecule has 6 heteroatoms. The second kappa shape index (κ2) is 7.00. The van der Waals surface area contributed by atoms with Gasteiger partial charge >= 0.3 is 0 Å². The molecule has 0 bridgehead atoms. The molecule has 0 aliphatic carbocycles. The maximum atomic E-state index is 12.0. The van der Waals surface area contributed by atoms with Crippen LogP contribution in [0.25, 0.3) is 10.8 Å². The highest BCUT2D eigenvalue weighted by atomic mass is 16.2. The van der Waals surface area contributed by atoms with Crippen LogP contribution in [0.2, 0.25) is 0 Å². The minimum atomic E-state index is -0.711. The molecule has 25 heavy (non-hydrogen) atoms. The number of nitrogens with one attached hydrogen (secondary N) is 2. The second-order valence-corrected chi connectivity index (χ2v) is 5.62. The first-order chi connectivity index (χ1) is 12.1. The number of carbonyl (C=O) groups excluding carboxylic acids is 2. The molecular weight excluding hydrogens is 316 g/mol. The number of hydrogen-bond donors (Lipinski definition) is 3. The molecule has 1 unspecified atom stereocenters. The highest BCUT2D eigenvalue weighted by Gasteiger charge is 2.18. The fraction of sp³-hybridized carbons (Fsp3) is 0.105. The number of carbonyl (C=O) groups is 2. The van der Waals surface area contributed by atoms with Gasteiger partial charge in [0, 0.05) is 36.1 Å². The maximum absolute atomic E-state index is 12.0. The van der Waals surface area contributed by atoms with Gasteiger partial charge in [-0.1, -0.05) is 18.2 Å². The first-order valence-corrected chi connectivity index (χ1v) is 7.80. The zero-order valence-corrected chi connectivity index (χ0v) is 13.7. The third-order valence-corrected chi connectivity index (χ3v) is 3.95. The van der Waals surface area contributed by atoms with Crippen molar-refractivity contribution < 1.29 is 9.59 Å². The van der Waals surface area contributed by atoms with Crippen LogP contribution in [0.5, 0.6) is 0 Å². The maximum Gasteiger partial charge on any atom is 0.251 e. The first kappa shape index (κ1) is 16.4. The van der Waals surface area contributed by atoms with Crippen LogP contribution in [0.4, 0.5) is 5.69 Å². The minimum Gasteiger partial charge on any atom is -0.370 e. The average molecular weight is 334 g/mol. The number of hydrogen-bond acceptors (Lipinski definition) is 4. The van der Waals surface area contributed by atoms with Gasteiger partial charge in [0.1, 0.15) is 6.04 Å². The van der Waals surface area contributed by atoms with Crippen LogP contribution in [0.3, 0.4) is 0 Å². The van der Waals surface area contributed by atoms with Gasteiger partial charge in [-0.25, -0.2) is 0 Å². The highest BCUT2D eigenvalue weighted by Crippen LogP contribution is 2.24. The van der Waals surface area contributed by atoms with Crippen molar-refractivity contribution in [2.75, 3.05) is 12.4 Å². The quantitative estimate of drug-likeness (QED) is 0.666. The molecule has 0 saturated heterocycles. The van der Waals surface area contributed by atoms with Crippen LogP contribution in [-0.4, -0.2) is 23.8 Å². The molecule has 2 aromatic carbocycles. The van der Waals surface area contributed by atoms with E-state index in [1.807, 2.05) is 24.3 Å². The van der Waals surface area contributed by atoms with Crippen LogP contribution < -0.4 is 16.4 Å². The predicted molar refractivity (Wildman–Crippen MR) is 97.1 cm³/mol. The van der Waals surface area contributed by atoms with Crippen molar-refractivity contribution in [3.05, 3.63) is 72.1 Å². The van der Waals surface area contributed by atoms with E-state index in [1.54, 1.807) is 43.7 Å². The largest absolute Gasteiger partial charge is 0.370 e. The van der Waals surface area contributed by atoms with Crippen LogP contribution in [0.15, 0.2) is 60.9 Å². The molecule has 0 spiro atoms. The molecule has 0 aliphatic heterocycles. The van der Waals surface area contributed by atoms with Crippen LogP contribution in [0.1, 0.15) is 22.0 Å². The summed E-state index contributed by atoms with van der Waals surface area (Å²) in [6, 6.07) is 13.7. The number of aromatic nitrogens is 1. The van der Waals surface area contributed by atoms with Crippen LogP contribution in [-0.2, 0) is 4.79 Å². The molecule has 0 saturated carbocycles. The van der Waals surface area contributed by atoms with Crippen molar-refractivity contribution in [1.82, 2.24) is 10.3 Å². The summed E-state index contributed by atoms with van der Waals surface area (Å²) < 4.78 is 0. The monoisotopic (exact) mass is 334 g/mol. The third kappa shape index (κ3) is 3.58. The molecule has 1 aromatic heterocycles. The molecule has 1 atom stereocenters. The summed E-state index contributed by atoms with van der Waals surface area (Å²) >= 11 is 0. The summed E-state index contributed by atoms with van der Waals surface area (Å²) in [5.41, 5.74) is 7.48. The van der Waals surface area contributed by atoms with Gasteiger partial charge in [-0.15, -0.1) is 0 Å². The summed E-state index contributed by atoms with van der Waals surface area (Å²) in [5.74, 6) is -0.698. The molecule has 1 heterocycles. The van der Waals surface area contributed by atoms with Gasteiger partial charge in [0.25, 0.3) is 5.91 Å². The van der Waals surface area contributed by atoms with E-state index in [0.29, 0.717) is 11.3 Å². The predicted octanol–water partition coefficient (Wildman–Crippen LogP) is 2.23. The number of nitrogens with zero attached hydrogens (tertiary/aromatic N) is 1. The van der Waals surface area contributed by atoms with Gasteiger partial charge in [0.15, 0.2) is 0 Å². The number of rotatable bonds is 5. The molecule has 3 rings (SSSR count). The lowest BCUT2D eigenvalue weighted by Gasteiger charge is -2.18. The van der Waals surface area contributed by atoms with Crippen LogP contribution in [0, 0.1) is 0 Å². The number of pyridine rings is 1. The Labute approximate surface area is 145 Å². The van der Waals surface area contributed by atoms with Crippen molar-refractivity contribution in [1.29, 1.82) is 0 Å². The summed E-state index contributed by atoms with van der Waals surface area (Å²) in [6.45, 7) is 0. The van der Waals surface area contributed by atoms with Crippen LogP contribution >= 0.6 is 0 Å². The third-order valence-electron chi connectivity index (χ3n) is 3.95. The molecule has 3 aromatic rings. The lowest BCUT2D eigenvalue weighted by Crippen LogP contribution is -2.28. The first-order valence-electron chi connectivity index (χ1n) is 7.80. The molecule has 0 radical (unpaired) electrons. The topological polar surface area (TPSA) is 97.1 Å². The normalized spacial score (nSPS) is 11.7. The lowest BCUT2D eigenvalue weighted by atomic mass is 10.0. The van der Waals surface area contributed by atoms with Crippen molar-refractivity contribution in [3.63, 3.8) is 0 Å². The standard InChI is InChI=1S/C19H18N4O2/c1-21-19(25)14-3-2-4-16(10-14)23-17(18(20)24)13-5-6-15-11-22-8-7-12(15)9-13/h2-11,17,23H,1H3,(H2,20,24)(H,21,25). The SMILES string of the molecule is CNC(=O)c1cccc(NC(C(N)=O)c2ccc3cnccc3c2)c1. The van der Waals surface area contributed by atoms with Gasteiger partial charge in [-0.2, -0.15) is 0 Å². The Bertz CT molecular complexity index is 939. The average Bonchev–Trinajstić information content (AvgIpc) is 2.65. The zero-order chi connectivity index (χ0) is 17.8. The molecule has 2 amide bonds. The van der Waals surface area contributed by atoms with E-state index in [1.165, 1.54) is 0 Å². The Morgan fingerprint density at radius 2 is 1.92 bits per heavy atom. The Morgan fingerprint density at radius 3 is 2.68 bits per heavy atom. The number of amides is 2. The zero-order valence-electron chi connectivity index (χ0n) is 13.7. The number of nitrogens with two attached hydrogens (primary N) is 1. The molecule has 0 aliphatic rings. The fourth-order valence-corrected chi connectivity index (χ4v) is 2.66. The van der Waals surface area contributed by atoms with Crippen molar-refractivity contribution in [2.24, 2.45) is 5.73 Å². The molecule has 0 fully saturated rings. The highest BCUT2D eigenvalue weighted by molar-refractivity contribution is 5.95. The minimum absolute atomic E-state index is 0.197. The Balaban J connectivity index is 1.93. The molecule has 126 valence electrons. The molecule has 6 nitrogen and oxygen atoms in total. The van der Waals surface area contributed by atoms with Crippen molar-refractivity contribution in [2.45, 2.75) is 6.04 Å². The van der Waals surface area contributed by atoms with E-state index in [0.717, 1.165) is 16.3 Å². The molecular formula is C19H18N4O2. The van der Waals surface area contributed by atoms with Gasteiger partial charge in [-0.05, 0) is 41.3 Å². The summed E-state index contributed by atoms with van der Waals surface area (Å²) in [6.07, 6.45) is 3.46. The van der Waals surface area contributed by atoms with Gasteiger partial charge < -0.3 is 16.4 Å². The van der Waals surface area contributed by atoms with Gasteiger partial charge in [0.2, 0.25) is 5.91 Å². The smallest absolute Gasteiger partial charge is 0.251 e. The van der Waals surface area contributed by atoms with Gasteiger partial charge in [0.05, 0.1) is 0 Å². The van der Waals surface area contributed by atoms with Crippen molar-refractivity contribution in [3.8, 4) is 0 Å². The number of fused-ring (bicyclic) bond motifs is 1. The Hall–Kier alpha value is -3.41. The number of benzene rings is 2. The van der Waals surface area contributed by atoms with Crippen molar-refractivity contribution >= 4 is 28.3 Å². The van der Waals surface area contributed by atoms with E-state index in [9.17, 15) is 9.59 Å². The Kier molecular flexibility index (Phi) is 4.61. The van der Waals surface area contributed by atoms with Gasteiger partial charge in [-0.3, -0.25) is 14.6 Å². The summed E-state index contributed by atoms with van der Waals surface area (Å²) in [5, 5.41) is 7.64. The lowest BCUT2D eigenvalue weighted by molar-refractivity contribution is -0.118. The summed E-state index contributed by atoms with van der Waals surface area (Å²) in [4.78, 5) is 27.8. The van der Waals surface area contributed by atoms with E-state index in [2.05, 4.69) is 15.6 Å². The van der Waals surface area contributed by atoms with E-state index < -0.39 is 11.9 Å². The Morgan fingerprint density at radius 1 is 1.08 bits per heavy atom. The van der Waals surface area contributed by atoms with E-state index in [4.69, 9.17) is 5.73 Å². The number of anilines is 1. The summed E-state index contributed by atoms with van der Waals surface area (Å²) in [7, 11) is 1.57.